The molecule has 0 aliphatic heterocycles. The number of hydrogen-bond donors (Lipinski definition) is 1. The van der Waals surface area contributed by atoms with Crippen molar-refractivity contribution >= 4 is 39.3 Å². The maximum Gasteiger partial charge on any atom is 0.234 e. The molecule has 0 radical (unpaired) electrons. The number of rotatable bonds is 5. The number of thioether (sulfide) groups is 1. The predicted molar refractivity (Wildman–Crippen MR) is 102 cm³/mol. The van der Waals surface area contributed by atoms with Gasteiger partial charge in [-0.25, -0.2) is 0 Å². The Morgan fingerprint density at radius 2 is 1.92 bits per heavy atom. The van der Waals surface area contributed by atoms with E-state index >= 15 is 0 Å². The first-order valence-corrected chi connectivity index (χ1v) is 9.35. The zero-order chi connectivity index (χ0) is 17.8. The van der Waals surface area contributed by atoms with Gasteiger partial charge in [0, 0.05) is 4.47 Å². The molecule has 128 valence electrons. The Kier molecular flexibility index (Phi) is 5.50. The number of halogens is 1. The van der Waals surface area contributed by atoms with E-state index in [0.717, 1.165) is 21.4 Å². The van der Waals surface area contributed by atoms with E-state index in [1.54, 1.807) is 4.68 Å². The van der Waals surface area contributed by atoms with Crippen molar-refractivity contribution < 1.29 is 4.79 Å². The lowest BCUT2D eigenvalue weighted by atomic mass is 10.1. The second-order valence-corrected chi connectivity index (χ2v) is 7.26. The van der Waals surface area contributed by atoms with Crippen molar-refractivity contribution in [1.29, 1.82) is 0 Å². The van der Waals surface area contributed by atoms with Crippen LogP contribution in [-0.4, -0.2) is 31.9 Å². The van der Waals surface area contributed by atoms with Crippen molar-refractivity contribution in [1.82, 2.24) is 20.2 Å². The van der Waals surface area contributed by atoms with Crippen LogP contribution in [0.25, 0.3) is 5.69 Å². The molecule has 0 aliphatic rings. The Labute approximate surface area is 158 Å². The maximum atomic E-state index is 12.3. The van der Waals surface area contributed by atoms with Crippen LogP contribution in [0.2, 0.25) is 0 Å². The molecular weight excluding hydrogens is 402 g/mol. The van der Waals surface area contributed by atoms with Crippen LogP contribution in [0.15, 0.2) is 52.1 Å². The van der Waals surface area contributed by atoms with Gasteiger partial charge in [0.1, 0.15) is 0 Å². The minimum atomic E-state index is -0.114. The van der Waals surface area contributed by atoms with E-state index in [4.69, 9.17) is 0 Å². The Morgan fingerprint density at radius 1 is 1.20 bits per heavy atom. The van der Waals surface area contributed by atoms with Gasteiger partial charge in [-0.05, 0) is 75.6 Å². The lowest BCUT2D eigenvalue weighted by molar-refractivity contribution is -0.113. The molecular formula is C17H16BrN5OS. The summed E-state index contributed by atoms with van der Waals surface area (Å²) in [5.74, 6) is 0.101. The summed E-state index contributed by atoms with van der Waals surface area (Å²) in [5, 5.41) is 15.2. The van der Waals surface area contributed by atoms with Gasteiger partial charge >= 0.3 is 0 Å². The molecule has 2 aromatic carbocycles. The predicted octanol–water partition coefficient (Wildman–Crippen LogP) is 3.77. The van der Waals surface area contributed by atoms with Gasteiger partial charge < -0.3 is 5.32 Å². The number of nitrogens with one attached hydrogen (secondary N) is 1. The molecule has 0 saturated carbocycles. The average molecular weight is 418 g/mol. The zero-order valence-corrected chi connectivity index (χ0v) is 16.1. The standard InChI is InChI=1S/C17H16BrN5OS/c1-11-8-14(18)15(9-12(11)2)19-16(24)10-25-17-20-21-22-23(17)13-6-4-3-5-7-13/h3-9H,10H2,1-2H3,(H,19,24). The van der Waals surface area contributed by atoms with Crippen LogP contribution in [0.4, 0.5) is 5.69 Å². The summed E-state index contributed by atoms with van der Waals surface area (Å²) in [6.07, 6.45) is 0. The maximum absolute atomic E-state index is 12.3. The van der Waals surface area contributed by atoms with Crippen LogP contribution in [0, 0.1) is 13.8 Å². The highest BCUT2D eigenvalue weighted by atomic mass is 79.9. The summed E-state index contributed by atoms with van der Waals surface area (Å²) >= 11 is 4.77. The highest BCUT2D eigenvalue weighted by Gasteiger charge is 2.13. The summed E-state index contributed by atoms with van der Waals surface area (Å²) < 4.78 is 2.48. The minimum absolute atomic E-state index is 0.114. The fourth-order valence-electron chi connectivity index (χ4n) is 2.19. The molecule has 0 spiro atoms. The van der Waals surface area contributed by atoms with Crippen LogP contribution >= 0.6 is 27.7 Å². The number of anilines is 1. The molecule has 0 aliphatic carbocycles. The van der Waals surface area contributed by atoms with Crippen LogP contribution in [0.1, 0.15) is 11.1 Å². The minimum Gasteiger partial charge on any atom is -0.324 e. The third-order valence-corrected chi connectivity index (χ3v) is 5.21. The van der Waals surface area contributed by atoms with E-state index in [0.29, 0.717) is 5.16 Å². The normalized spacial score (nSPS) is 10.7. The molecule has 0 saturated heterocycles. The van der Waals surface area contributed by atoms with E-state index in [1.165, 1.54) is 17.3 Å². The monoisotopic (exact) mass is 417 g/mol. The molecule has 0 unspecified atom stereocenters. The summed E-state index contributed by atoms with van der Waals surface area (Å²) in [7, 11) is 0. The third-order valence-electron chi connectivity index (χ3n) is 3.63. The molecule has 8 heteroatoms. The van der Waals surface area contributed by atoms with Gasteiger partial charge in [0.05, 0.1) is 17.1 Å². The zero-order valence-electron chi connectivity index (χ0n) is 13.7. The van der Waals surface area contributed by atoms with Crippen molar-refractivity contribution in [2.24, 2.45) is 0 Å². The first-order chi connectivity index (χ1) is 12.0. The SMILES string of the molecule is Cc1cc(Br)c(NC(=O)CSc2nnnn2-c2ccccc2)cc1C. The molecule has 0 bridgehead atoms. The molecule has 25 heavy (non-hydrogen) atoms. The molecule has 1 heterocycles. The highest BCUT2D eigenvalue weighted by Crippen LogP contribution is 2.26. The van der Waals surface area contributed by atoms with Crippen molar-refractivity contribution in [3.8, 4) is 5.69 Å². The van der Waals surface area contributed by atoms with Gasteiger partial charge in [-0.15, -0.1) is 5.10 Å². The van der Waals surface area contributed by atoms with Crippen LogP contribution < -0.4 is 5.32 Å². The second kappa shape index (κ2) is 7.79. The number of carbonyl (C=O) groups is 1. The number of aromatic nitrogens is 4. The summed E-state index contributed by atoms with van der Waals surface area (Å²) in [6, 6.07) is 13.5. The van der Waals surface area contributed by atoms with Crippen molar-refractivity contribution in [2.45, 2.75) is 19.0 Å². The van der Waals surface area contributed by atoms with Crippen molar-refractivity contribution in [3.05, 3.63) is 58.1 Å². The Morgan fingerprint density at radius 3 is 2.68 bits per heavy atom. The molecule has 3 rings (SSSR count). The van der Waals surface area contributed by atoms with Crippen LogP contribution in [0.3, 0.4) is 0 Å². The number of benzene rings is 2. The van der Waals surface area contributed by atoms with Crippen LogP contribution in [-0.2, 0) is 4.79 Å². The quantitative estimate of drug-likeness (QED) is 0.639. The first kappa shape index (κ1) is 17.6. The number of aryl methyl sites for hydroxylation is 2. The van der Waals surface area contributed by atoms with Gasteiger partial charge in [0.15, 0.2) is 0 Å². The van der Waals surface area contributed by atoms with Crippen LogP contribution in [0.5, 0.6) is 0 Å². The number of hydrogen-bond acceptors (Lipinski definition) is 5. The molecule has 3 aromatic rings. The number of carbonyl (C=O) groups excluding carboxylic acids is 1. The second-order valence-electron chi connectivity index (χ2n) is 5.46. The molecule has 1 N–H and O–H groups in total. The number of tetrazole rings is 1. The van der Waals surface area contributed by atoms with Crippen molar-refractivity contribution in [2.75, 3.05) is 11.1 Å². The highest BCUT2D eigenvalue weighted by molar-refractivity contribution is 9.10. The summed E-state index contributed by atoms with van der Waals surface area (Å²) in [6.45, 7) is 4.05. The smallest absolute Gasteiger partial charge is 0.234 e. The van der Waals surface area contributed by atoms with E-state index in [9.17, 15) is 4.79 Å². The fourth-order valence-corrected chi connectivity index (χ4v) is 3.44. The lowest BCUT2D eigenvalue weighted by Crippen LogP contribution is -2.15. The fraction of sp³-hybridized carbons (Fsp3) is 0.176. The number of amides is 1. The number of para-hydroxylation sites is 1. The summed E-state index contributed by atoms with van der Waals surface area (Å²) in [4.78, 5) is 12.3. The van der Waals surface area contributed by atoms with Crippen molar-refractivity contribution in [3.63, 3.8) is 0 Å². The first-order valence-electron chi connectivity index (χ1n) is 7.58. The number of nitrogens with zero attached hydrogens (tertiary/aromatic N) is 4. The van der Waals surface area contributed by atoms with E-state index in [-0.39, 0.29) is 11.7 Å². The molecule has 1 amide bonds. The van der Waals surface area contributed by atoms with E-state index in [2.05, 4.69) is 36.8 Å². The third kappa shape index (κ3) is 4.26. The van der Waals surface area contributed by atoms with Gasteiger partial charge in [-0.2, -0.15) is 4.68 Å². The molecule has 6 nitrogen and oxygen atoms in total. The molecule has 1 aromatic heterocycles. The Bertz CT molecular complexity index is 897. The Balaban J connectivity index is 1.66. The van der Waals surface area contributed by atoms with Gasteiger partial charge in [0.2, 0.25) is 11.1 Å². The summed E-state index contributed by atoms with van der Waals surface area (Å²) in [5.41, 5.74) is 3.91. The van der Waals surface area contributed by atoms with E-state index in [1.807, 2.05) is 56.3 Å². The Hall–Kier alpha value is -2.19. The largest absolute Gasteiger partial charge is 0.324 e. The topological polar surface area (TPSA) is 72.7 Å². The van der Waals surface area contributed by atoms with Gasteiger partial charge in [0.25, 0.3) is 0 Å². The molecule has 0 atom stereocenters. The lowest BCUT2D eigenvalue weighted by Gasteiger charge is -2.10. The van der Waals surface area contributed by atoms with Gasteiger partial charge in [-0.1, -0.05) is 30.0 Å². The van der Waals surface area contributed by atoms with E-state index < -0.39 is 0 Å². The average Bonchev–Trinajstić information content (AvgIpc) is 3.07. The van der Waals surface area contributed by atoms with Gasteiger partial charge in [-0.3, -0.25) is 4.79 Å². The molecule has 0 fully saturated rings.